The Hall–Kier alpha value is -2.63. The van der Waals surface area contributed by atoms with E-state index < -0.39 is 5.97 Å². The lowest BCUT2D eigenvalue weighted by Gasteiger charge is -2.08. The molecule has 2 N–H and O–H groups in total. The normalized spacial score (nSPS) is 10.2. The Bertz CT molecular complexity index is 621. The van der Waals surface area contributed by atoms with Gasteiger partial charge in [0.15, 0.2) is 0 Å². The fourth-order valence-electron chi connectivity index (χ4n) is 1.80. The molecule has 2 aromatic rings. The zero-order valence-electron chi connectivity index (χ0n) is 11.0. The number of nitrogens with zero attached hydrogens (tertiary/aromatic N) is 2. The zero-order chi connectivity index (χ0) is 14.5. The molecule has 1 aromatic carbocycles. The van der Waals surface area contributed by atoms with Crippen molar-refractivity contribution in [3.8, 4) is 0 Å². The molecular weight excluding hydrogens is 258 g/mol. The molecule has 1 amide bonds. The third-order valence-corrected chi connectivity index (χ3v) is 2.88. The van der Waals surface area contributed by atoms with Crippen LogP contribution in [0.3, 0.4) is 0 Å². The number of nitrogens with one attached hydrogen (secondary N) is 1. The first-order valence-corrected chi connectivity index (χ1v) is 6.17. The minimum Gasteiger partial charge on any atom is -0.478 e. The van der Waals surface area contributed by atoms with E-state index in [0.29, 0.717) is 17.8 Å². The lowest BCUT2D eigenvalue weighted by Crippen LogP contribution is -2.15. The molecule has 0 radical (unpaired) electrons. The van der Waals surface area contributed by atoms with Crippen LogP contribution in [0.2, 0.25) is 0 Å². The van der Waals surface area contributed by atoms with Crippen LogP contribution in [-0.2, 0) is 11.3 Å². The fourth-order valence-corrected chi connectivity index (χ4v) is 1.80. The number of anilines is 1. The van der Waals surface area contributed by atoms with Gasteiger partial charge in [0.1, 0.15) is 0 Å². The van der Waals surface area contributed by atoms with E-state index in [-0.39, 0.29) is 17.9 Å². The number of aromatic carboxylic acids is 1. The summed E-state index contributed by atoms with van der Waals surface area (Å²) in [7, 11) is 0. The van der Waals surface area contributed by atoms with Gasteiger partial charge in [-0.1, -0.05) is 6.07 Å². The maximum Gasteiger partial charge on any atom is 0.336 e. The molecule has 0 aliphatic heterocycles. The Morgan fingerprint density at radius 2 is 2.20 bits per heavy atom. The van der Waals surface area contributed by atoms with Crippen molar-refractivity contribution in [3.05, 3.63) is 47.8 Å². The van der Waals surface area contributed by atoms with Crippen LogP contribution in [0.25, 0.3) is 0 Å². The summed E-state index contributed by atoms with van der Waals surface area (Å²) in [4.78, 5) is 22.8. The van der Waals surface area contributed by atoms with Gasteiger partial charge in [0, 0.05) is 31.0 Å². The first-order chi connectivity index (χ1) is 9.56. The van der Waals surface area contributed by atoms with Crippen molar-refractivity contribution < 1.29 is 14.7 Å². The first kappa shape index (κ1) is 13.8. The number of carbonyl (C=O) groups excluding carboxylic acids is 1. The Morgan fingerprint density at radius 1 is 1.40 bits per heavy atom. The van der Waals surface area contributed by atoms with E-state index in [4.69, 9.17) is 5.11 Å². The number of carboxylic acids is 1. The van der Waals surface area contributed by atoms with Crippen LogP contribution < -0.4 is 5.32 Å². The summed E-state index contributed by atoms with van der Waals surface area (Å²) in [5.74, 6) is -1.18. The number of rotatable bonds is 5. The van der Waals surface area contributed by atoms with Crippen molar-refractivity contribution in [2.45, 2.75) is 19.9 Å². The SMILES string of the molecule is Cc1ccc(NC(=O)CCn2cccn2)cc1C(=O)O. The second-order valence-electron chi connectivity index (χ2n) is 4.40. The molecule has 0 bridgehead atoms. The molecule has 0 fully saturated rings. The Morgan fingerprint density at radius 3 is 2.85 bits per heavy atom. The molecule has 1 heterocycles. The van der Waals surface area contributed by atoms with Crippen LogP contribution in [0.4, 0.5) is 5.69 Å². The number of carbonyl (C=O) groups is 2. The van der Waals surface area contributed by atoms with Crippen LogP contribution in [0.1, 0.15) is 22.3 Å². The van der Waals surface area contributed by atoms with Crippen LogP contribution in [0.5, 0.6) is 0 Å². The van der Waals surface area contributed by atoms with Gasteiger partial charge in [0.05, 0.1) is 5.56 Å². The van der Waals surface area contributed by atoms with E-state index in [1.165, 1.54) is 6.07 Å². The highest BCUT2D eigenvalue weighted by atomic mass is 16.4. The molecule has 6 nitrogen and oxygen atoms in total. The first-order valence-electron chi connectivity index (χ1n) is 6.17. The minimum atomic E-state index is -1.00. The van der Waals surface area contributed by atoms with Gasteiger partial charge in [-0.2, -0.15) is 5.10 Å². The number of aromatic nitrogens is 2. The van der Waals surface area contributed by atoms with Crippen molar-refractivity contribution in [1.82, 2.24) is 9.78 Å². The molecule has 0 unspecified atom stereocenters. The van der Waals surface area contributed by atoms with Gasteiger partial charge in [0.2, 0.25) is 5.91 Å². The lowest BCUT2D eigenvalue weighted by molar-refractivity contribution is -0.116. The standard InChI is InChI=1S/C14H15N3O3/c1-10-3-4-11(9-12(10)14(19)20)16-13(18)5-8-17-7-2-6-15-17/h2-4,6-7,9H,5,8H2,1H3,(H,16,18)(H,19,20). The summed E-state index contributed by atoms with van der Waals surface area (Å²) >= 11 is 0. The molecule has 0 aliphatic carbocycles. The predicted octanol–water partition coefficient (Wildman–Crippen LogP) is 1.92. The monoisotopic (exact) mass is 273 g/mol. The van der Waals surface area contributed by atoms with E-state index in [9.17, 15) is 9.59 Å². The van der Waals surface area contributed by atoms with Crippen LogP contribution in [-0.4, -0.2) is 26.8 Å². The van der Waals surface area contributed by atoms with Gasteiger partial charge < -0.3 is 10.4 Å². The third kappa shape index (κ3) is 3.44. The molecule has 2 rings (SSSR count). The van der Waals surface area contributed by atoms with E-state index in [2.05, 4.69) is 10.4 Å². The van der Waals surface area contributed by atoms with E-state index in [1.807, 2.05) is 0 Å². The summed E-state index contributed by atoms with van der Waals surface area (Å²) in [6.07, 6.45) is 3.71. The van der Waals surface area contributed by atoms with Crippen LogP contribution in [0, 0.1) is 6.92 Å². The molecule has 104 valence electrons. The highest BCUT2D eigenvalue weighted by Gasteiger charge is 2.09. The summed E-state index contributed by atoms with van der Waals surface area (Å²) in [6, 6.07) is 6.61. The van der Waals surface area contributed by atoms with Gasteiger partial charge in [0.25, 0.3) is 0 Å². The summed E-state index contributed by atoms with van der Waals surface area (Å²) in [5, 5.41) is 15.7. The molecule has 0 spiro atoms. The zero-order valence-corrected chi connectivity index (χ0v) is 11.0. The highest BCUT2D eigenvalue weighted by Crippen LogP contribution is 2.15. The van der Waals surface area contributed by atoms with Gasteiger partial charge in [-0.05, 0) is 30.7 Å². The molecular formula is C14H15N3O3. The second-order valence-corrected chi connectivity index (χ2v) is 4.40. The largest absolute Gasteiger partial charge is 0.478 e. The maximum atomic E-state index is 11.8. The summed E-state index contributed by atoms with van der Waals surface area (Å²) < 4.78 is 1.66. The minimum absolute atomic E-state index is 0.180. The summed E-state index contributed by atoms with van der Waals surface area (Å²) in [6.45, 7) is 2.20. The molecule has 1 aromatic heterocycles. The maximum absolute atomic E-state index is 11.8. The number of carboxylic acid groups (broad SMARTS) is 1. The number of benzene rings is 1. The molecule has 6 heteroatoms. The number of hydrogen-bond donors (Lipinski definition) is 2. The Labute approximate surface area is 116 Å². The number of amides is 1. The Balaban J connectivity index is 1.97. The summed E-state index contributed by atoms with van der Waals surface area (Å²) in [5.41, 5.74) is 1.33. The Kier molecular flexibility index (Phi) is 4.14. The second kappa shape index (κ2) is 6.01. The fraction of sp³-hybridized carbons (Fsp3) is 0.214. The van der Waals surface area contributed by atoms with Crippen molar-refractivity contribution >= 4 is 17.6 Å². The van der Waals surface area contributed by atoms with Crippen molar-refractivity contribution in [1.29, 1.82) is 0 Å². The van der Waals surface area contributed by atoms with E-state index >= 15 is 0 Å². The topological polar surface area (TPSA) is 84.2 Å². The highest BCUT2D eigenvalue weighted by molar-refractivity contribution is 5.94. The van der Waals surface area contributed by atoms with Crippen molar-refractivity contribution in [2.75, 3.05) is 5.32 Å². The molecule has 0 aliphatic rings. The van der Waals surface area contributed by atoms with Gasteiger partial charge >= 0.3 is 5.97 Å². The number of aryl methyl sites for hydroxylation is 2. The quantitative estimate of drug-likeness (QED) is 0.871. The molecule has 0 saturated heterocycles. The lowest BCUT2D eigenvalue weighted by atomic mass is 10.1. The predicted molar refractivity (Wildman–Crippen MR) is 73.6 cm³/mol. The molecule has 0 atom stereocenters. The third-order valence-electron chi connectivity index (χ3n) is 2.88. The average Bonchev–Trinajstić information content (AvgIpc) is 2.91. The van der Waals surface area contributed by atoms with Crippen LogP contribution in [0.15, 0.2) is 36.7 Å². The number of hydrogen-bond acceptors (Lipinski definition) is 3. The molecule has 20 heavy (non-hydrogen) atoms. The smallest absolute Gasteiger partial charge is 0.336 e. The van der Waals surface area contributed by atoms with E-state index in [1.54, 1.807) is 42.2 Å². The van der Waals surface area contributed by atoms with Gasteiger partial charge in [-0.3, -0.25) is 9.48 Å². The molecule has 0 saturated carbocycles. The van der Waals surface area contributed by atoms with Gasteiger partial charge in [-0.25, -0.2) is 4.79 Å². The average molecular weight is 273 g/mol. The van der Waals surface area contributed by atoms with Crippen molar-refractivity contribution in [3.63, 3.8) is 0 Å². The van der Waals surface area contributed by atoms with E-state index in [0.717, 1.165) is 0 Å². The van der Waals surface area contributed by atoms with Gasteiger partial charge in [-0.15, -0.1) is 0 Å². The van der Waals surface area contributed by atoms with Crippen LogP contribution >= 0.6 is 0 Å². The van der Waals surface area contributed by atoms with Crippen molar-refractivity contribution in [2.24, 2.45) is 0 Å².